The molecule has 0 radical (unpaired) electrons. The SMILES string of the molecule is Cc1ccc(N)c(NC(=O)c2ccc(Cl)o2)c1. The zero-order valence-corrected chi connectivity index (χ0v) is 9.91. The minimum absolute atomic E-state index is 0.149. The fraction of sp³-hybridized carbons (Fsp3) is 0.0833. The van der Waals surface area contributed by atoms with Gasteiger partial charge in [0, 0.05) is 0 Å². The summed E-state index contributed by atoms with van der Waals surface area (Å²) >= 11 is 5.59. The van der Waals surface area contributed by atoms with Crippen LogP contribution in [0.25, 0.3) is 0 Å². The van der Waals surface area contributed by atoms with Crippen LogP contribution < -0.4 is 11.1 Å². The number of amides is 1. The molecule has 0 atom stereocenters. The molecule has 2 rings (SSSR count). The predicted molar refractivity (Wildman–Crippen MR) is 67.3 cm³/mol. The van der Waals surface area contributed by atoms with E-state index in [1.165, 1.54) is 12.1 Å². The monoisotopic (exact) mass is 250 g/mol. The lowest BCUT2D eigenvalue weighted by Gasteiger charge is -2.07. The van der Waals surface area contributed by atoms with Crippen molar-refractivity contribution >= 4 is 28.9 Å². The topological polar surface area (TPSA) is 68.3 Å². The molecule has 0 aliphatic rings. The van der Waals surface area contributed by atoms with Gasteiger partial charge in [0.05, 0.1) is 11.4 Å². The second-order valence-electron chi connectivity index (χ2n) is 3.65. The van der Waals surface area contributed by atoms with E-state index in [-0.39, 0.29) is 16.9 Å². The van der Waals surface area contributed by atoms with Gasteiger partial charge in [0.25, 0.3) is 5.91 Å². The summed E-state index contributed by atoms with van der Waals surface area (Å²) in [6.07, 6.45) is 0. The molecule has 1 amide bonds. The first-order valence-electron chi connectivity index (χ1n) is 4.99. The number of hydrogen-bond acceptors (Lipinski definition) is 3. The van der Waals surface area contributed by atoms with Gasteiger partial charge in [-0.3, -0.25) is 4.79 Å². The number of halogens is 1. The molecule has 0 aliphatic carbocycles. The number of aryl methyl sites for hydroxylation is 1. The van der Waals surface area contributed by atoms with Crippen LogP contribution in [0.1, 0.15) is 16.1 Å². The molecule has 0 bridgehead atoms. The van der Waals surface area contributed by atoms with Crippen molar-refractivity contribution in [3.8, 4) is 0 Å². The predicted octanol–water partition coefficient (Wildman–Crippen LogP) is 3.08. The molecule has 17 heavy (non-hydrogen) atoms. The summed E-state index contributed by atoms with van der Waals surface area (Å²) < 4.78 is 5.00. The Morgan fingerprint density at radius 3 is 2.76 bits per heavy atom. The lowest BCUT2D eigenvalue weighted by molar-refractivity contribution is 0.0997. The maximum atomic E-state index is 11.8. The Hall–Kier alpha value is -1.94. The Morgan fingerprint density at radius 2 is 2.12 bits per heavy atom. The van der Waals surface area contributed by atoms with E-state index >= 15 is 0 Å². The van der Waals surface area contributed by atoms with E-state index in [2.05, 4.69) is 5.32 Å². The van der Waals surface area contributed by atoms with Crippen molar-refractivity contribution in [2.75, 3.05) is 11.1 Å². The van der Waals surface area contributed by atoms with Crippen molar-refractivity contribution in [1.82, 2.24) is 0 Å². The summed E-state index contributed by atoms with van der Waals surface area (Å²) in [5.41, 5.74) is 7.82. The molecule has 0 saturated carbocycles. The highest BCUT2D eigenvalue weighted by Crippen LogP contribution is 2.21. The number of nitrogens with two attached hydrogens (primary N) is 1. The van der Waals surface area contributed by atoms with Gasteiger partial charge in [-0.2, -0.15) is 0 Å². The van der Waals surface area contributed by atoms with E-state index in [1.54, 1.807) is 12.1 Å². The van der Waals surface area contributed by atoms with Crippen molar-refractivity contribution in [2.24, 2.45) is 0 Å². The molecule has 5 heteroatoms. The smallest absolute Gasteiger partial charge is 0.291 e. The number of furan rings is 1. The molecule has 0 fully saturated rings. The van der Waals surface area contributed by atoms with Crippen LogP contribution in [-0.4, -0.2) is 5.91 Å². The van der Waals surface area contributed by atoms with Crippen LogP contribution in [0.15, 0.2) is 34.7 Å². The molecule has 0 spiro atoms. The number of carbonyl (C=O) groups excluding carboxylic acids is 1. The molecular weight excluding hydrogens is 240 g/mol. The summed E-state index contributed by atoms with van der Waals surface area (Å²) in [5, 5.41) is 2.84. The summed E-state index contributed by atoms with van der Waals surface area (Å²) in [7, 11) is 0. The number of carbonyl (C=O) groups is 1. The molecule has 4 nitrogen and oxygen atoms in total. The first-order chi connectivity index (χ1) is 8.06. The Labute approximate surface area is 103 Å². The van der Waals surface area contributed by atoms with Crippen LogP contribution in [0.3, 0.4) is 0 Å². The summed E-state index contributed by atoms with van der Waals surface area (Å²) in [5.74, 6) is -0.231. The zero-order valence-electron chi connectivity index (χ0n) is 9.16. The number of anilines is 2. The maximum absolute atomic E-state index is 11.8. The molecule has 0 unspecified atom stereocenters. The Morgan fingerprint density at radius 1 is 1.35 bits per heavy atom. The van der Waals surface area contributed by atoms with Gasteiger partial charge < -0.3 is 15.5 Å². The molecular formula is C12H11ClN2O2. The van der Waals surface area contributed by atoms with Gasteiger partial charge in [0.15, 0.2) is 11.0 Å². The number of rotatable bonds is 2. The molecule has 0 aliphatic heterocycles. The van der Waals surface area contributed by atoms with Gasteiger partial charge in [-0.15, -0.1) is 0 Å². The highest BCUT2D eigenvalue weighted by Gasteiger charge is 2.12. The van der Waals surface area contributed by atoms with E-state index in [0.29, 0.717) is 11.4 Å². The number of nitrogens with one attached hydrogen (secondary N) is 1. The van der Waals surface area contributed by atoms with Crippen LogP contribution in [-0.2, 0) is 0 Å². The number of benzene rings is 1. The van der Waals surface area contributed by atoms with Gasteiger partial charge in [-0.25, -0.2) is 0 Å². The molecule has 1 heterocycles. The number of hydrogen-bond donors (Lipinski definition) is 2. The molecule has 1 aromatic heterocycles. The molecule has 0 saturated heterocycles. The number of nitrogen functional groups attached to an aromatic ring is 1. The van der Waals surface area contributed by atoms with Crippen LogP contribution >= 0.6 is 11.6 Å². The van der Waals surface area contributed by atoms with Gasteiger partial charge >= 0.3 is 0 Å². The average molecular weight is 251 g/mol. The van der Waals surface area contributed by atoms with E-state index in [0.717, 1.165) is 5.56 Å². The van der Waals surface area contributed by atoms with Crippen molar-refractivity contribution in [3.05, 3.63) is 46.9 Å². The van der Waals surface area contributed by atoms with E-state index in [4.69, 9.17) is 21.8 Å². The second kappa shape index (κ2) is 4.51. The van der Waals surface area contributed by atoms with E-state index in [9.17, 15) is 4.79 Å². The van der Waals surface area contributed by atoms with Crippen molar-refractivity contribution in [2.45, 2.75) is 6.92 Å². The van der Waals surface area contributed by atoms with Gasteiger partial charge in [-0.1, -0.05) is 6.07 Å². The molecule has 2 aromatic rings. The van der Waals surface area contributed by atoms with Crippen molar-refractivity contribution in [1.29, 1.82) is 0 Å². The lowest BCUT2D eigenvalue weighted by atomic mass is 10.2. The molecule has 88 valence electrons. The first kappa shape index (κ1) is 11.5. The average Bonchev–Trinajstić information content (AvgIpc) is 2.70. The Balaban J connectivity index is 2.21. The van der Waals surface area contributed by atoms with E-state index in [1.807, 2.05) is 13.0 Å². The second-order valence-corrected chi connectivity index (χ2v) is 4.02. The van der Waals surface area contributed by atoms with E-state index < -0.39 is 0 Å². The van der Waals surface area contributed by atoms with Gasteiger partial charge in [0.1, 0.15) is 0 Å². The summed E-state index contributed by atoms with van der Waals surface area (Å²) in [6.45, 7) is 1.92. The third-order valence-electron chi connectivity index (χ3n) is 2.25. The quantitative estimate of drug-likeness (QED) is 0.805. The minimum Gasteiger partial charge on any atom is -0.440 e. The minimum atomic E-state index is -0.380. The Bertz CT molecular complexity index is 563. The molecule has 3 N–H and O–H groups in total. The summed E-state index contributed by atoms with van der Waals surface area (Å²) in [6, 6.07) is 8.41. The first-order valence-corrected chi connectivity index (χ1v) is 5.37. The fourth-order valence-electron chi connectivity index (χ4n) is 1.40. The van der Waals surface area contributed by atoms with Crippen LogP contribution in [0.5, 0.6) is 0 Å². The zero-order chi connectivity index (χ0) is 12.4. The van der Waals surface area contributed by atoms with Gasteiger partial charge in [0.2, 0.25) is 0 Å². The van der Waals surface area contributed by atoms with Crippen LogP contribution in [0.4, 0.5) is 11.4 Å². The fourth-order valence-corrected chi connectivity index (χ4v) is 1.54. The summed E-state index contributed by atoms with van der Waals surface area (Å²) in [4.78, 5) is 11.8. The third kappa shape index (κ3) is 2.60. The lowest BCUT2D eigenvalue weighted by Crippen LogP contribution is -2.12. The Kier molecular flexibility index (Phi) is 3.06. The largest absolute Gasteiger partial charge is 0.440 e. The van der Waals surface area contributed by atoms with Crippen LogP contribution in [0.2, 0.25) is 5.22 Å². The maximum Gasteiger partial charge on any atom is 0.291 e. The van der Waals surface area contributed by atoms with Crippen molar-refractivity contribution in [3.63, 3.8) is 0 Å². The molecule has 1 aromatic carbocycles. The highest BCUT2D eigenvalue weighted by atomic mass is 35.5. The third-order valence-corrected chi connectivity index (χ3v) is 2.46. The van der Waals surface area contributed by atoms with Crippen molar-refractivity contribution < 1.29 is 9.21 Å². The standard InChI is InChI=1S/C12H11ClN2O2/c1-7-2-3-8(14)9(6-7)15-12(16)10-4-5-11(13)17-10/h2-6H,14H2,1H3,(H,15,16). The normalized spacial score (nSPS) is 10.2. The van der Waals surface area contributed by atoms with Gasteiger partial charge in [-0.05, 0) is 48.4 Å². The highest BCUT2D eigenvalue weighted by molar-refractivity contribution is 6.29. The van der Waals surface area contributed by atoms with Crippen LogP contribution in [0, 0.1) is 6.92 Å².